The van der Waals surface area contributed by atoms with E-state index in [1.807, 2.05) is 29.9 Å². The maximum atomic E-state index is 5.82. The number of nitrogens with zero attached hydrogens (tertiary/aromatic N) is 2. The Bertz CT molecular complexity index is 581. The van der Waals surface area contributed by atoms with Gasteiger partial charge >= 0.3 is 0 Å². The Balaban J connectivity index is 2.11. The van der Waals surface area contributed by atoms with Gasteiger partial charge in [0.1, 0.15) is 6.61 Å². The van der Waals surface area contributed by atoms with Crippen LogP contribution >= 0.6 is 11.6 Å². The minimum Gasteiger partial charge on any atom is -0.493 e. The summed E-state index contributed by atoms with van der Waals surface area (Å²) in [6, 6.07) is 7.77. The van der Waals surface area contributed by atoms with Crippen LogP contribution in [0.5, 0.6) is 11.5 Å². The molecule has 0 saturated heterocycles. The van der Waals surface area contributed by atoms with E-state index in [9.17, 15) is 0 Å². The Hall–Kier alpha value is -1.68. The number of methoxy groups -OCH3 is 1. The summed E-state index contributed by atoms with van der Waals surface area (Å²) in [6.45, 7) is 2.54. The summed E-state index contributed by atoms with van der Waals surface area (Å²) in [5.74, 6) is 1.86. The van der Waals surface area contributed by atoms with Crippen LogP contribution in [0.4, 0.5) is 0 Å². The first kappa shape index (κ1) is 14.7. The third-order valence-electron chi connectivity index (χ3n) is 3.15. The third kappa shape index (κ3) is 3.25. The summed E-state index contributed by atoms with van der Waals surface area (Å²) in [7, 11) is 3.55. The summed E-state index contributed by atoms with van der Waals surface area (Å²) in [4.78, 5) is 0. The first-order valence-corrected chi connectivity index (χ1v) is 7.08. The van der Waals surface area contributed by atoms with E-state index < -0.39 is 0 Å². The van der Waals surface area contributed by atoms with Crippen LogP contribution in [0, 0.1) is 0 Å². The summed E-state index contributed by atoms with van der Waals surface area (Å²) >= 11 is 5.81. The van der Waals surface area contributed by atoms with Gasteiger partial charge in [0, 0.05) is 12.9 Å². The van der Waals surface area contributed by atoms with Gasteiger partial charge in [-0.05, 0) is 30.2 Å². The lowest BCUT2D eigenvalue weighted by Gasteiger charge is -2.11. The van der Waals surface area contributed by atoms with Crippen LogP contribution in [0.2, 0.25) is 0 Å². The van der Waals surface area contributed by atoms with Crippen LogP contribution in [0.3, 0.4) is 0 Å². The van der Waals surface area contributed by atoms with Gasteiger partial charge in [-0.3, -0.25) is 4.68 Å². The van der Waals surface area contributed by atoms with E-state index in [0.29, 0.717) is 24.0 Å². The largest absolute Gasteiger partial charge is 0.493 e. The highest BCUT2D eigenvalue weighted by atomic mass is 35.5. The van der Waals surface area contributed by atoms with Crippen molar-refractivity contribution in [2.45, 2.75) is 25.8 Å². The molecule has 0 fully saturated rings. The monoisotopic (exact) mass is 294 g/mol. The maximum absolute atomic E-state index is 5.82. The highest BCUT2D eigenvalue weighted by Crippen LogP contribution is 2.29. The number of aryl methyl sites for hydroxylation is 2. The van der Waals surface area contributed by atoms with Gasteiger partial charge in [0.15, 0.2) is 11.5 Å². The molecular formula is C15H19ClN2O2. The molecule has 108 valence electrons. The standard InChI is InChI=1S/C15H19ClN2O2/c1-4-12-8-13(18(2)17-12)10-20-14-6-5-11(9-16)7-15(14)19-3/h5-8H,4,9-10H2,1-3H3. The molecule has 2 aromatic rings. The van der Waals surface area contributed by atoms with E-state index in [1.165, 1.54) is 0 Å². The van der Waals surface area contributed by atoms with E-state index in [0.717, 1.165) is 23.4 Å². The van der Waals surface area contributed by atoms with Crippen molar-refractivity contribution < 1.29 is 9.47 Å². The average Bonchev–Trinajstić information content (AvgIpc) is 2.85. The second-order valence-electron chi connectivity index (χ2n) is 4.51. The van der Waals surface area contributed by atoms with Crippen LogP contribution in [-0.4, -0.2) is 16.9 Å². The van der Waals surface area contributed by atoms with Crippen molar-refractivity contribution in [3.8, 4) is 11.5 Å². The fraction of sp³-hybridized carbons (Fsp3) is 0.400. The lowest BCUT2D eigenvalue weighted by Crippen LogP contribution is -2.04. The predicted molar refractivity (Wildman–Crippen MR) is 79.5 cm³/mol. The van der Waals surface area contributed by atoms with Gasteiger partial charge < -0.3 is 9.47 Å². The van der Waals surface area contributed by atoms with Crippen LogP contribution in [0.25, 0.3) is 0 Å². The molecule has 0 radical (unpaired) electrons. The molecule has 0 N–H and O–H groups in total. The van der Waals surface area contributed by atoms with Crippen LogP contribution < -0.4 is 9.47 Å². The molecule has 0 aliphatic rings. The van der Waals surface area contributed by atoms with Crippen LogP contribution in [0.15, 0.2) is 24.3 Å². The van der Waals surface area contributed by atoms with Crippen molar-refractivity contribution in [2.75, 3.05) is 7.11 Å². The molecule has 0 amide bonds. The zero-order valence-electron chi connectivity index (χ0n) is 12.0. The van der Waals surface area contributed by atoms with Gasteiger partial charge in [0.25, 0.3) is 0 Å². The third-order valence-corrected chi connectivity index (χ3v) is 3.46. The van der Waals surface area contributed by atoms with Crippen molar-refractivity contribution in [3.05, 3.63) is 41.2 Å². The molecule has 0 atom stereocenters. The molecule has 0 bridgehead atoms. The van der Waals surface area contributed by atoms with E-state index in [4.69, 9.17) is 21.1 Å². The first-order chi connectivity index (χ1) is 9.67. The summed E-state index contributed by atoms with van der Waals surface area (Å²) in [5, 5.41) is 4.40. The zero-order chi connectivity index (χ0) is 14.5. The van der Waals surface area contributed by atoms with Gasteiger partial charge in [-0.1, -0.05) is 13.0 Å². The minimum absolute atomic E-state index is 0.457. The molecule has 5 heteroatoms. The summed E-state index contributed by atoms with van der Waals surface area (Å²) in [6.07, 6.45) is 0.918. The Morgan fingerprint density at radius 3 is 2.65 bits per heavy atom. The van der Waals surface area contributed by atoms with Gasteiger partial charge in [-0.25, -0.2) is 0 Å². The zero-order valence-corrected chi connectivity index (χ0v) is 12.8. The minimum atomic E-state index is 0.457. The summed E-state index contributed by atoms with van der Waals surface area (Å²) < 4.78 is 13.0. The Labute approximate surface area is 124 Å². The Morgan fingerprint density at radius 2 is 2.05 bits per heavy atom. The molecule has 1 aromatic heterocycles. The normalized spacial score (nSPS) is 10.6. The fourth-order valence-electron chi connectivity index (χ4n) is 1.95. The number of alkyl halides is 1. The highest BCUT2D eigenvalue weighted by molar-refractivity contribution is 6.17. The van der Waals surface area contributed by atoms with Crippen LogP contribution in [-0.2, 0) is 26.0 Å². The quantitative estimate of drug-likeness (QED) is 0.767. The number of benzene rings is 1. The number of ether oxygens (including phenoxy) is 2. The second kappa shape index (κ2) is 6.66. The Morgan fingerprint density at radius 1 is 1.25 bits per heavy atom. The number of aromatic nitrogens is 2. The second-order valence-corrected chi connectivity index (χ2v) is 4.78. The van der Waals surface area contributed by atoms with Gasteiger partial charge in [-0.2, -0.15) is 5.10 Å². The topological polar surface area (TPSA) is 36.3 Å². The van der Waals surface area contributed by atoms with Gasteiger partial charge in [0.2, 0.25) is 0 Å². The van der Waals surface area contributed by atoms with E-state index in [-0.39, 0.29) is 0 Å². The molecule has 4 nitrogen and oxygen atoms in total. The van der Waals surface area contributed by atoms with Gasteiger partial charge in [-0.15, -0.1) is 11.6 Å². The molecule has 0 saturated carbocycles. The van der Waals surface area contributed by atoms with E-state index in [2.05, 4.69) is 18.1 Å². The smallest absolute Gasteiger partial charge is 0.161 e. The summed E-state index contributed by atoms with van der Waals surface area (Å²) in [5.41, 5.74) is 3.10. The molecule has 0 aliphatic carbocycles. The molecular weight excluding hydrogens is 276 g/mol. The SMILES string of the molecule is CCc1cc(COc2ccc(CCl)cc2OC)n(C)n1. The highest BCUT2D eigenvalue weighted by Gasteiger charge is 2.08. The van der Waals surface area contributed by atoms with Crippen molar-refractivity contribution in [3.63, 3.8) is 0 Å². The van der Waals surface area contributed by atoms with E-state index in [1.54, 1.807) is 7.11 Å². The molecule has 2 rings (SSSR count). The van der Waals surface area contributed by atoms with E-state index >= 15 is 0 Å². The molecule has 1 aromatic carbocycles. The molecule has 1 heterocycles. The Kier molecular flexibility index (Phi) is 4.90. The lowest BCUT2D eigenvalue weighted by atomic mass is 10.2. The number of halogens is 1. The van der Waals surface area contributed by atoms with Crippen molar-refractivity contribution in [1.82, 2.24) is 9.78 Å². The number of hydrogen-bond acceptors (Lipinski definition) is 3. The van der Waals surface area contributed by atoms with Crippen molar-refractivity contribution in [1.29, 1.82) is 0 Å². The van der Waals surface area contributed by atoms with Crippen molar-refractivity contribution >= 4 is 11.6 Å². The number of hydrogen-bond donors (Lipinski definition) is 0. The lowest BCUT2D eigenvalue weighted by molar-refractivity contribution is 0.275. The van der Waals surface area contributed by atoms with Gasteiger partial charge in [0.05, 0.1) is 18.5 Å². The maximum Gasteiger partial charge on any atom is 0.161 e. The molecule has 0 unspecified atom stereocenters. The predicted octanol–water partition coefficient (Wildman–Crippen LogP) is 3.31. The molecule has 20 heavy (non-hydrogen) atoms. The average molecular weight is 295 g/mol. The molecule has 0 aliphatic heterocycles. The first-order valence-electron chi connectivity index (χ1n) is 6.55. The molecule has 0 spiro atoms. The van der Waals surface area contributed by atoms with Crippen molar-refractivity contribution in [2.24, 2.45) is 7.05 Å². The fourth-order valence-corrected chi connectivity index (χ4v) is 2.11. The number of rotatable bonds is 6. The van der Waals surface area contributed by atoms with Crippen LogP contribution in [0.1, 0.15) is 23.9 Å².